The summed E-state index contributed by atoms with van der Waals surface area (Å²) in [6, 6.07) is 19.8. The summed E-state index contributed by atoms with van der Waals surface area (Å²) in [4.78, 5) is 31.7. The maximum absolute atomic E-state index is 12.8. The van der Waals surface area contributed by atoms with E-state index in [9.17, 15) is 22.8 Å². The Morgan fingerprint density at radius 1 is 0.976 bits per heavy atom. The molecule has 0 spiro atoms. The molecule has 3 aromatic carbocycles. The number of amides is 2. The van der Waals surface area contributed by atoms with Crippen molar-refractivity contribution in [3.63, 3.8) is 0 Å². The van der Waals surface area contributed by atoms with Gasteiger partial charge in [-0.25, -0.2) is 0 Å². The van der Waals surface area contributed by atoms with Gasteiger partial charge in [0.25, 0.3) is 5.91 Å². The second-order valence-electron chi connectivity index (χ2n) is 9.71. The number of oxime groups is 1. The summed E-state index contributed by atoms with van der Waals surface area (Å²) >= 11 is 0. The fraction of sp³-hybridized carbons (Fsp3) is 0.323. The molecule has 222 valence electrons. The van der Waals surface area contributed by atoms with Gasteiger partial charge in [-0.3, -0.25) is 9.59 Å². The van der Waals surface area contributed by atoms with Gasteiger partial charge in [-0.15, -0.1) is 0 Å². The Kier molecular flexibility index (Phi) is 10.6. The lowest BCUT2D eigenvalue weighted by atomic mass is 10.0. The zero-order valence-electron chi connectivity index (χ0n) is 23.2. The van der Waals surface area contributed by atoms with Crippen molar-refractivity contribution in [2.24, 2.45) is 5.16 Å². The van der Waals surface area contributed by atoms with Crippen LogP contribution in [0.1, 0.15) is 27.8 Å². The smallest absolute Gasteiger partial charge is 0.416 e. The lowest BCUT2D eigenvalue weighted by molar-refractivity contribution is -0.137. The molecule has 1 saturated heterocycles. The summed E-state index contributed by atoms with van der Waals surface area (Å²) in [5.74, 6) is -0.0841. The van der Waals surface area contributed by atoms with Crippen LogP contribution in [0.4, 0.5) is 13.2 Å². The SMILES string of the molecule is Cc1cc(/C(Cc2ccccc2)=N/OCc2ccc(C(F)(F)F)cc2)ccc1OCC(=O)NCC(=O)N1CCOCC1. The Morgan fingerprint density at radius 3 is 2.36 bits per heavy atom. The summed E-state index contributed by atoms with van der Waals surface area (Å²) in [6.45, 7) is 3.46. The minimum absolute atomic E-state index is 0.000242. The Hall–Kier alpha value is -4.38. The van der Waals surface area contributed by atoms with E-state index in [1.54, 1.807) is 17.0 Å². The van der Waals surface area contributed by atoms with E-state index in [1.807, 2.05) is 43.3 Å². The van der Waals surface area contributed by atoms with Crippen molar-refractivity contribution in [1.29, 1.82) is 0 Å². The molecular weight excluding hydrogens is 551 g/mol. The summed E-state index contributed by atoms with van der Waals surface area (Å²) < 4.78 is 49.5. The monoisotopic (exact) mass is 583 g/mol. The quantitative estimate of drug-likeness (QED) is 0.265. The molecule has 0 unspecified atom stereocenters. The number of hydrogen-bond donors (Lipinski definition) is 1. The number of hydrogen-bond acceptors (Lipinski definition) is 6. The summed E-state index contributed by atoms with van der Waals surface area (Å²) in [5, 5.41) is 6.91. The molecule has 3 aromatic rings. The van der Waals surface area contributed by atoms with Gasteiger partial charge in [0.1, 0.15) is 12.4 Å². The maximum Gasteiger partial charge on any atom is 0.416 e. The Bertz CT molecular complexity index is 1370. The highest BCUT2D eigenvalue weighted by Gasteiger charge is 2.30. The first kappa shape index (κ1) is 30.6. The van der Waals surface area contributed by atoms with E-state index in [1.165, 1.54) is 12.1 Å². The van der Waals surface area contributed by atoms with Gasteiger partial charge < -0.3 is 24.5 Å². The minimum atomic E-state index is -4.40. The molecule has 4 rings (SSSR count). The number of benzene rings is 3. The number of alkyl halides is 3. The molecule has 0 aliphatic carbocycles. The van der Waals surface area contributed by atoms with E-state index in [2.05, 4.69) is 10.5 Å². The number of nitrogens with zero attached hydrogens (tertiary/aromatic N) is 2. The molecule has 2 amide bonds. The zero-order valence-corrected chi connectivity index (χ0v) is 23.2. The second-order valence-corrected chi connectivity index (χ2v) is 9.71. The van der Waals surface area contributed by atoms with E-state index < -0.39 is 17.6 Å². The van der Waals surface area contributed by atoms with Crippen molar-refractivity contribution in [2.45, 2.75) is 26.1 Å². The summed E-state index contributed by atoms with van der Waals surface area (Å²) in [7, 11) is 0. The lowest BCUT2D eigenvalue weighted by Crippen LogP contribution is -2.46. The highest BCUT2D eigenvalue weighted by molar-refractivity contribution is 6.01. The molecule has 11 heteroatoms. The van der Waals surface area contributed by atoms with Crippen molar-refractivity contribution in [1.82, 2.24) is 10.2 Å². The summed E-state index contributed by atoms with van der Waals surface area (Å²) in [5.41, 5.74) is 2.95. The van der Waals surface area contributed by atoms with Crippen molar-refractivity contribution in [3.8, 4) is 5.75 Å². The fourth-order valence-corrected chi connectivity index (χ4v) is 4.23. The predicted molar refractivity (Wildman–Crippen MR) is 150 cm³/mol. The van der Waals surface area contributed by atoms with Gasteiger partial charge in [0, 0.05) is 25.1 Å². The lowest BCUT2D eigenvalue weighted by Gasteiger charge is -2.26. The molecule has 0 bridgehead atoms. The van der Waals surface area contributed by atoms with Crippen molar-refractivity contribution in [3.05, 3.63) is 101 Å². The predicted octanol–water partition coefficient (Wildman–Crippen LogP) is 4.53. The van der Waals surface area contributed by atoms with Crippen LogP contribution in [0.25, 0.3) is 0 Å². The molecule has 0 atom stereocenters. The van der Waals surface area contributed by atoms with Crippen LogP contribution in [0, 0.1) is 6.92 Å². The molecule has 0 aromatic heterocycles. The highest BCUT2D eigenvalue weighted by atomic mass is 19.4. The Balaban J connectivity index is 1.37. The summed E-state index contributed by atoms with van der Waals surface area (Å²) in [6.07, 6.45) is -3.95. The van der Waals surface area contributed by atoms with Crippen LogP contribution in [0.2, 0.25) is 0 Å². The third kappa shape index (κ3) is 9.07. The topological polar surface area (TPSA) is 89.5 Å². The van der Waals surface area contributed by atoms with Crippen LogP contribution >= 0.6 is 0 Å². The molecule has 1 fully saturated rings. The Morgan fingerprint density at radius 2 is 1.69 bits per heavy atom. The largest absolute Gasteiger partial charge is 0.484 e. The number of rotatable bonds is 11. The average Bonchev–Trinajstić information content (AvgIpc) is 2.99. The first-order chi connectivity index (χ1) is 20.2. The molecule has 1 N–H and O–H groups in total. The highest BCUT2D eigenvalue weighted by Crippen LogP contribution is 2.29. The van der Waals surface area contributed by atoms with E-state index in [-0.39, 0.29) is 25.7 Å². The van der Waals surface area contributed by atoms with Crippen molar-refractivity contribution in [2.75, 3.05) is 39.5 Å². The Labute approximate surface area is 242 Å². The zero-order chi connectivity index (χ0) is 30.0. The van der Waals surface area contributed by atoms with Crippen molar-refractivity contribution < 1.29 is 37.1 Å². The van der Waals surface area contributed by atoms with Gasteiger partial charge >= 0.3 is 6.18 Å². The van der Waals surface area contributed by atoms with E-state index in [4.69, 9.17) is 14.3 Å². The number of halogens is 3. The number of carbonyl (C=O) groups is 2. The molecule has 1 aliphatic heterocycles. The third-order valence-electron chi connectivity index (χ3n) is 6.57. The molecular formula is C31H32F3N3O5. The number of carbonyl (C=O) groups excluding carboxylic acids is 2. The van der Waals surface area contributed by atoms with Gasteiger partial charge in [0.15, 0.2) is 6.61 Å². The van der Waals surface area contributed by atoms with Crippen LogP contribution in [0.5, 0.6) is 5.75 Å². The third-order valence-corrected chi connectivity index (χ3v) is 6.57. The van der Waals surface area contributed by atoms with E-state index in [0.717, 1.165) is 28.8 Å². The molecule has 1 heterocycles. The van der Waals surface area contributed by atoms with E-state index in [0.29, 0.717) is 49.7 Å². The van der Waals surface area contributed by atoms with Crippen LogP contribution in [-0.2, 0) is 38.4 Å². The number of nitrogens with one attached hydrogen (secondary N) is 1. The fourth-order valence-electron chi connectivity index (χ4n) is 4.23. The first-order valence-corrected chi connectivity index (χ1v) is 13.4. The molecule has 0 radical (unpaired) electrons. The molecule has 0 saturated carbocycles. The van der Waals surface area contributed by atoms with Gasteiger partial charge in [-0.2, -0.15) is 13.2 Å². The van der Waals surface area contributed by atoms with Crippen LogP contribution in [-0.4, -0.2) is 61.9 Å². The minimum Gasteiger partial charge on any atom is -0.484 e. The molecule has 42 heavy (non-hydrogen) atoms. The first-order valence-electron chi connectivity index (χ1n) is 13.4. The van der Waals surface area contributed by atoms with Crippen LogP contribution < -0.4 is 10.1 Å². The molecule has 1 aliphatic rings. The van der Waals surface area contributed by atoms with Crippen LogP contribution in [0.15, 0.2) is 78.0 Å². The molecule has 8 nitrogen and oxygen atoms in total. The van der Waals surface area contributed by atoms with Gasteiger partial charge in [0.05, 0.1) is 31.0 Å². The van der Waals surface area contributed by atoms with Gasteiger partial charge in [-0.1, -0.05) is 47.6 Å². The van der Waals surface area contributed by atoms with E-state index >= 15 is 0 Å². The van der Waals surface area contributed by atoms with Crippen molar-refractivity contribution >= 4 is 17.5 Å². The maximum atomic E-state index is 12.8. The van der Waals surface area contributed by atoms with Gasteiger partial charge in [0.2, 0.25) is 5.91 Å². The average molecular weight is 584 g/mol. The number of aryl methyl sites for hydroxylation is 1. The second kappa shape index (κ2) is 14.5. The van der Waals surface area contributed by atoms with Crippen LogP contribution in [0.3, 0.4) is 0 Å². The van der Waals surface area contributed by atoms with Gasteiger partial charge in [-0.05, 0) is 53.9 Å². The number of ether oxygens (including phenoxy) is 2. The number of morpholine rings is 1. The normalized spacial score (nSPS) is 13.9. The standard InChI is InChI=1S/C31H32F3N3O5/c1-22-17-25(9-12-28(22)41-21-29(38)35-19-30(39)37-13-15-40-16-14-37)27(18-23-5-3-2-4-6-23)36-42-20-24-7-10-26(11-8-24)31(32,33)34/h2-12,17H,13-16,18-21H2,1H3,(H,35,38)/b36-27+.